The Balaban J connectivity index is 2.02. The van der Waals surface area contributed by atoms with Gasteiger partial charge in [-0.2, -0.15) is 0 Å². The van der Waals surface area contributed by atoms with Crippen molar-refractivity contribution in [1.29, 1.82) is 0 Å². The van der Waals surface area contributed by atoms with Crippen LogP contribution in [0.3, 0.4) is 0 Å². The van der Waals surface area contributed by atoms with Crippen LogP contribution in [0.1, 0.15) is 12.6 Å². The standard InChI is InChI=1S/C12H12N4S3/c1-3-13-11-15-9-8(4-5-17-9)10(16-11)19-12-14-7(2)6-18-12/h4-6H,3H2,1-2H3,(H,13,15,16). The van der Waals surface area contributed by atoms with Crippen molar-refractivity contribution in [3.8, 4) is 0 Å². The van der Waals surface area contributed by atoms with E-state index in [1.807, 2.05) is 19.2 Å². The number of thiophene rings is 1. The third-order valence-electron chi connectivity index (χ3n) is 2.41. The molecule has 0 radical (unpaired) electrons. The zero-order valence-electron chi connectivity index (χ0n) is 10.5. The van der Waals surface area contributed by atoms with Crippen molar-refractivity contribution in [2.45, 2.75) is 23.2 Å². The fourth-order valence-electron chi connectivity index (χ4n) is 1.61. The number of nitrogens with one attached hydrogen (secondary N) is 1. The highest BCUT2D eigenvalue weighted by Crippen LogP contribution is 2.35. The van der Waals surface area contributed by atoms with Crippen LogP contribution in [0.15, 0.2) is 26.2 Å². The maximum Gasteiger partial charge on any atom is 0.225 e. The van der Waals surface area contributed by atoms with Gasteiger partial charge in [-0.05, 0) is 37.1 Å². The van der Waals surface area contributed by atoms with Crippen molar-refractivity contribution in [2.75, 3.05) is 11.9 Å². The van der Waals surface area contributed by atoms with E-state index in [1.165, 1.54) is 0 Å². The topological polar surface area (TPSA) is 50.7 Å². The molecule has 0 aliphatic carbocycles. The maximum absolute atomic E-state index is 4.58. The summed E-state index contributed by atoms with van der Waals surface area (Å²) in [7, 11) is 0. The lowest BCUT2D eigenvalue weighted by Crippen LogP contribution is -2.02. The Bertz CT molecular complexity index is 704. The van der Waals surface area contributed by atoms with Gasteiger partial charge in [-0.3, -0.25) is 0 Å². The average molecular weight is 308 g/mol. The Morgan fingerprint density at radius 3 is 2.89 bits per heavy atom. The van der Waals surface area contributed by atoms with Crippen LogP contribution in [0.25, 0.3) is 10.2 Å². The summed E-state index contributed by atoms with van der Waals surface area (Å²) in [6, 6.07) is 2.07. The van der Waals surface area contributed by atoms with Gasteiger partial charge >= 0.3 is 0 Å². The Hall–Kier alpha value is -1.18. The second kappa shape index (κ2) is 5.44. The van der Waals surface area contributed by atoms with Gasteiger partial charge in [-0.1, -0.05) is 0 Å². The largest absolute Gasteiger partial charge is 0.354 e. The highest BCUT2D eigenvalue weighted by atomic mass is 32.2. The lowest BCUT2D eigenvalue weighted by Gasteiger charge is -2.04. The number of hydrogen-bond acceptors (Lipinski definition) is 7. The highest BCUT2D eigenvalue weighted by molar-refractivity contribution is 8.01. The van der Waals surface area contributed by atoms with Crippen LogP contribution in [0, 0.1) is 6.92 Å². The van der Waals surface area contributed by atoms with Crippen molar-refractivity contribution < 1.29 is 0 Å². The van der Waals surface area contributed by atoms with Gasteiger partial charge in [0.2, 0.25) is 5.95 Å². The summed E-state index contributed by atoms with van der Waals surface area (Å²) in [6.07, 6.45) is 0. The first-order valence-corrected chi connectivity index (χ1v) is 8.43. The summed E-state index contributed by atoms with van der Waals surface area (Å²) in [5.74, 6) is 0.688. The normalized spacial score (nSPS) is 11.1. The van der Waals surface area contributed by atoms with Crippen LogP contribution in [-0.2, 0) is 0 Å². The summed E-state index contributed by atoms with van der Waals surface area (Å²) in [5, 5.41) is 9.35. The summed E-state index contributed by atoms with van der Waals surface area (Å²) in [4.78, 5) is 14.6. The molecule has 0 fully saturated rings. The number of nitrogens with zero attached hydrogens (tertiary/aromatic N) is 3. The number of rotatable bonds is 4. The third kappa shape index (κ3) is 2.72. The maximum atomic E-state index is 4.58. The SMILES string of the molecule is CCNc1nc(Sc2nc(C)cs2)c2ccsc2n1. The minimum absolute atomic E-state index is 0.688. The molecule has 3 aromatic heterocycles. The first-order valence-electron chi connectivity index (χ1n) is 5.85. The second-order valence-corrected chi connectivity index (χ2v) is 6.87. The third-order valence-corrected chi connectivity index (χ3v) is 5.27. The number of thiazole rings is 1. The molecule has 0 saturated heterocycles. The average Bonchev–Trinajstić information content (AvgIpc) is 2.99. The molecule has 3 heterocycles. The first kappa shape index (κ1) is 12.8. The molecule has 0 bridgehead atoms. The molecule has 19 heavy (non-hydrogen) atoms. The van der Waals surface area contributed by atoms with E-state index in [-0.39, 0.29) is 0 Å². The Morgan fingerprint density at radius 1 is 1.26 bits per heavy atom. The molecule has 0 aliphatic rings. The van der Waals surface area contributed by atoms with E-state index in [0.29, 0.717) is 5.95 Å². The van der Waals surface area contributed by atoms with Gasteiger partial charge in [0.15, 0.2) is 4.34 Å². The highest BCUT2D eigenvalue weighted by Gasteiger charge is 2.11. The molecule has 0 aromatic carbocycles. The van der Waals surface area contributed by atoms with Crippen LogP contribution in [0.4, 0.5) is 5.95 Å². The predicted molar refractivity (Wildman–Crippen MR) is 82.6 cm³/mol. The smallest absolute Gasteiger partial charge is 0.225 e. The summed E-state index contributed by atoms with van der Waals surface area (Å²) < 4.78 is 1.02. The van der Waals surface area contributed by atoms with E-state index < -0.39 is 0 Å². The van der Waals surface area contributed by atoms with Gasteiger partial charge in [0.1, 0.15) is 9.86 Å². The lowest BCUT2D eigenvalue weighted by molar-refractivity contribution is 1.05. The number of aryl methyl sites for hydroxylation is 1. The Labute approximate surface area is 123 Å². The zero-order chi connectivity index (χ0) is 13.2. The minimum Gasteiger partial charge on any atom is -0.354 e. The summed E-state index contributed by atoms with van der Waals surface area (Å²) in [5.41, 5.74) is 1.05. The van der Waals surface area contributed by atoms with Crippen LogP contribution in [0.2, 0.25) is 0 Å². The Kier molecular flexibility index (Phi) is 3.67. The molecule has 0 aliphatic heterocycles. The zero-order valence-corrected chi connectivity index (χ0v) is 13.0. The molecule has 0 saturated carbocycles. The molecule has 3 aromatic rings. The molecule has 0 unspecified atom stereocenters. The summed E-state index contributed by atoms with van der Waals surface area (Å²) in [6.45, 7) is 4.86. The number of aromatic nitrogens is 3. The van der Waals surface area contributed by atoms with Gasteiger partial charge in [0.05, 0.1) is 0 Å². The molecule has 0 amide bonds. The van der Waals surface area contributed by atoms with Gasteiger partial charge in [-0.15, -0.1) is 22.7 Å². The van der Waals surface area contributed by atoms with Crippen LogP contribution < -0.4 is 5.32 Å². The van der Waals surface area contributed by atoms with E-state index in [0.717, 1.165) is 31.8 Å². The van der Waals surface area contributed by atoms with E-state index in [9.17, 15) is 0 Å². The quantitative estimate of drug-likeness (QED) is 0.737. The monoisotopic (exact) mass is 308 g/mol. The van der Waals surface area contributed by atoms with E-state index in [4.69, 9.17) is 0 Å². The van der Waals surface area contributed by atoms with Crippen LogP contribution in [-0.4, -0.2) is 21.5 Å². The molecular formula is C12H12N4S3. The second-order valence-electron chi connectivity index (χ2n) is 3.88. The molecule has 0 atom stereocenters. The first-order chi connectivity index (χ1) is 9.26. The van der Waals surface area contributed by atoms with Gasteiger partial charge in [0.25, 0.3) is 0 Å². The molecule has 0 spiro atoms. The van der Waals surface area contributed by atoms with Crippen molar-refractivity contribution in [3.05, 3.63) is 22.5 Å². The van der Waals surface area contributed by atoms with Gasteiger partial charge < -0.3 is 5.32 Å². The van der Waals surface area contributed by atoms with E-state index in [1.54, 1.807) is 34.4 Å². The summed E-state index contributed by atoms with van der Waals surface area (Å²) >= 11 is 4.89. The molecule has 4 nitrogen and oxygen atoms in total. The van der Waals surface area contributed by atoms with Crippen LogP contribution in [0.5, 0.6) is 0 Å². The van der Waals surface area contributed by atoms with E-state index in [2.05, 4.69) is 31.7 Å². The van der Waals surface area contributed by atoms with Crippen molar-refractivity contribution in [2.24, 2.45) is 0 Å². The van der Waals surface area contributed by atoms with E-state index >= 15 is 0 Å². The molecule has 7 heteroatoms. The minimum atomic E-state index is 0.688. The molecule has 1 N–H and O–H groups in total. The molecule has 3 rings (SSSR count). The number of anilines is 1. The number of hydrogen-bond donors (Lipinski definition) is 1. The van der Waals surface area contributed by atoms with Crippen molar-refractivity contribution in [1.82, 2.24) is 15.0 Å². The molecule has 98 valence electrons. The van der Waals surface area contributed by atoms with Crippen molar-refractivity contribution in [3.63, 3.8) is 0 Å². The lowest BCUT2D eigenvalue weighted by atomic mass is 10.4. The van der Waals surface area contributed by atoms with Gasteiger partial charge in [0, 0.05) is 23.0 Å². The van der Waals surface area contributed by atoms with Gasteiger partial charge in [-0.25, -0.2) is 15.0 Å². The fraction of sp³-hybridized carbons (Fsp3) is 0.250. The predicted octanol–water partition coefficient (Wildman–Crippen LogP) is 4.04. The fourth-order valence-corrected chi connectivity index (χ4v) is 4.29. The van der Waals surface area contributed by atoms with Crippen molar-refractivity contribution >= 4 is 50.6 Å². The molecular weight excluding hydrogens is 296 g/mol. The Morgan fingerprint density at radius 2 is 2.16 bits per heavy atom. The number of fused-ring (bicyclic) bond motifs is 1. The van der Waals surface area contributed by atoms with Crippen LogP contribution >= 0.6 is 34.4 Å².